The average Bonchev–Trinajstić information content (AvgIpc) is 3.09. The molecule has 34 heavy (non-hydrogen) atoms. The van der Waals surface area contributed by atoms with Crippen LogP contribution in [-0.2, 0) is 6.54 Å². The number of benzene rings is 3. The summed E-state index contributed by atoms with van der Waals surface area (Å²) in [5, 5.41) is 12.3. The lowest BCUT2D eigenvalue weighted by molar-refractivity contribution is 0.100. The van der Waals surface area contributed by atoms with Crippen molar-refractivity contribution in [2.75, 3.05) is 14.1 Å². The number of fused-ring (bicyclic) bond motifs is 1. The zero-order valence-electron chi connectivity index (χ0n) is 20.0. The van der Waals surface area contributed by atoms with Gasteiger partial charge in [-0.1, -0.05) is 48.5 Å². The van der Waals surface area contributed by atoms with Crippen molar-refractivity contribution in [3.63, 3.8) is 0 Å². The molecule has 0 spiro atoms. The second-order valence-corrected chi connectivity index (χ2v) is 8.99. The van der Waals surface area contributed by atoms with Crippen LogP contribution in [-0.4, -0.2) is 40.3 Å². The zero-order chi connectivity index (χ0) is 24.4. The number of nitrogens with zero attached hydrogens (tertiary/aromatic N) is 3. The van der Waals surface area contributed by atoms with Crippen LogP contribution in [0.15, 0.2) is 77.8 Å². The molecule has 6 nitrogen and oxygen atoms in total. The van der Waals surface area contributed by atoms with Gasteiger partial charge >= 0.3 is 0 Å². The van der Waals surface area contributed by atoms with Crippen molar-refractivity contribution in [1.29, 1.82) is 0 Å². The van der Waals surface area contributed by atoms with E-state index < -0.39 is 5.91 Å². The molecule has 0 bridgehead atoms. The molecule has 0 radical (unpaired) electrons. The molecule has 1 aromatic heterocycles. The Hall–Kier alpha value is -3.90. The van der Waals surface area contributed by atoms with E-state index in [1.54, 1.807) is 12.1 Å². The van der Waals surface area contributed by atoms with Crippen LogP contribution in [0.1, 0.15) is 46.9 Å². The van der Waals surface area contributed by atoms with Crippen molar-refractivity contribution in [2.45, 2.75) is 26.4 Å². The average molecular weight is 455 g/mol. The second kappa shape index (κ2) is 9.53. The van der Waals surface area contributed by atoms with E-state index in [1.807, 2.05) is 81.0 Å². The molecule has 6 heteroatoms. The van der Waals surface area contributed by atoms with Crippen molar-refractivity contribution in [3.05, 3.63) is 95.1 Å². The number of aromatic hydroxyl groups is 1. The molecule has 0 saturated heterocycles. The minimum Gasteiger partial charge on any atom is -0.494 e. The molecular weight excluding hydrogens is 424 g/mol. The van der Waals surface area contributed by atoms with Crippen LogP contribution in [0.25, 0.3) is 10.9 Å². The summed E-state index contributed by atoms with van der Waals surface area (Å²) < 4.78 is 1.82. The fraction of sp³-hybridized carbons (Fsp3) is 0.214. The van der Waals surface area contributed by atoms with Crippen molar-refractivity contribution >= 4 is 28.2 Å². The van der Waals surface area contributed by atoms with E-state index in [2.05, 4.69) is 17.0 Å². The second-order valence-electron chi connectivity index (χ2n) is 8.99. The first-order valence-electron chi connectivity index (χ1n) is 11.3. The van der Waals surface area contributed by atoms with E-state index in [1.165, 1.54) is 0 Å². The number of carbonyl (C=O) groups excluding carboxylic acids is 1. The minimum absolute atomic E-state index is 0.0418. The monoisotopic (exact) mass is 454 g/mol. The number of aromatic nitrogens is 1. The quantitative estimate of drug-likeness (QED) is 0.374. The summed E-state index contributed by atoms with van der Waals surface area (Å²) in [6.07, 6.45) is 0. The van der Waals surface area contributed by atoms with Gasteiger partial charge < -0.3 is 20.3 Å². The van der Waals surface area contributed by atoms with Gasteiger partial charge in [-0.15, -0.1) is 0 Å². The molecule has 4 rings (SSSR count). The number of nitrogens with two attached hydrogens (primary N) is 1. The normalized spacial score (nSPS) is 12.1. The third kappa shape index (κ3) is 4.58. The van der Waals surface area contributed by atoms with Gasteiger partial charge in [0, 0.05) is 29.1 Å². The number of hydrogen-bond acceptors (Lipinski definition) is 4. The molecule has 0 saturated carbocycles. The number of rotatable bonds is 7. The van der Waals surface area contributed by atoms with Gasteiger partial charge in [0.25, 0.3) is 0 Å². The fourth-order valence-electron chi connectivity index (χ4n) is 4.29. The highest BCUT2D eigenvalue weighted by Crippen LogP contribution is 2.37. The highest BCUT2D eigenvalue weighted by molar-refractivity contribution is 6.22. The van der Waals surface area contributed by atoms with E-state index in [0.717, 1.165) is 34.3 Å². The Kier molecular flexibility index (Phi) is 6.52. The molecular formula is C28H30N4O2. The summed E-state index contributed by atoms with van der Waals surface area (Å²) in [6.45, 7) is 4.78. The Bertz CT molecular complexity index is 1370. The van der Waals surface area contributed by atoms with Crippen LogP contribution in [0, 0.1) is 0 Å². The zero-order valence-corrected chi connectivity index (χ0v) is 20.0. The topological polar surface area (TPSA) is 83.8 Å². The van der Waals surface area contributed by atoms with Crippen LogP contribution >= 0.6 is 0 Å². The lowest BCUT2D eigenvalue weighted by atomic mass is 10.00. The van der Waals surface area contributed by atoms with Crippen LogP contribution in [0.5, 0.6) is 5.88 Å². The van der Waals surface area contributed by atoms with E-state index in [0.29, 0.717) is 16.8 Å². The summed E-state index contributed by atoms with van der Waals surface area (Å²) in [5.74, 6) is -0.396. The van der Waals surface area contributed by atoms with E-state index >= 15 is 0 Å². The Balaban J connectivity index is 2.00. The number of primary amides is 1. The van der Waals surface area contributed by atoms with Crippen molar-refractivity contribution in [1.82, 2.24) is 9.47 Å². The largest absolute Gasteiger partial charge is 0.494 e. The first-order chi connectivity index (χ1) is 16.3. The molecule has 3 aromatic carbocycles. The SMILES string of the molecule is CC(C)n1c(O)c(C(=Nc2cccc(CN(C)C)c2)c2ccccc2)c2ccc(C(N)=O)cc21. The van der Waals surface area contributed by atoms with Crippen LogP contribution in [0.2, 0.25) is 0 Å². The molecule has 0 aliphatic carbocycles. The Morgan fingerprint density at radius 3 is 2.38 bits per heavy atom. The summed E-state index contributed by atoms with van der Waals surface area (Å²) >= 11 is 0. The van der Waals surface area contributed by atoms with Crippen molar-refractivity contribution in [2.24, 2.45) is 10.7 Å². The predicted octanol–water partition coefficient (Wildman–Crippen LogP) is 5.26. The molecule has 0 aliphatic heterocycles. The molecule has 4 aromatic rings. The predicted molar refractivity (Wildman–Crippen MR) is 138 cm³/mol. The van der Waals surface area contributed by atoms with Gasteiger partial charge in [0.15, 0.2) is 0 Å². The number of aliphatic imine (C=N–C) groups is 1. The van der Waals surface area contributed by atoms with Gasteiger partial charge in [-0.05, 0) is 57.8 Å². The van der Waals surface area contributed by atoms with Crippen molar-refractivity contribution < 1.29 is 9.90 Å². The Morgan fingerprint density at radius 2 is 1.74 bits per heavy atom. The molecule has 0 unspecified atom stereocenters. The first kappa shape index (κ1) is 23.3. The van der Waals surface area contributed by atoms with E-state index in [-0.39, 0.29) is 11.9 Å². The maximum atomic E-state index is 11.8. The van der Waals surface area contributed by atoms with Crippen LogP contribution < -0.4 is 5.73 Å². The lowest BCUT2D eigenvalue weighted by Gasteiger charge is -2.13. The molecule has 1 heterocycles. The summed E-state index contributed by atoms with van der Waals surface area (Å²) in [7, 11) is 4.06. The lowest BCUT2D eigenvalue weighted by Crippen LogP contribution is -2.11. The molecule has 3 N–H and O–H groups in total. The fourth-order valence-corrected chi connectivity index (χ4v) is 4.29. The van der Waals surface area contributed by atoms with Gasteiger partial charge in [0.1, 0.15) is 0 Å². The number of carbonyl (C=O) groups is 1. The highest BCUT2D eigenvalue weighted by atomic mass is 16.3. The molecule has 0 aliphatic rings. The van der Waals surface area contributed by atoms with Gasteiger partial charge in [-0.25, -0.2) is 4.99 Å². The van der Waals surface area contributed by atoms with E-state index in [9.17, 15) is 9.90 Å². The summed E-state index contributed by atoms with van der Waals surface area (Å²) in [6, 6.07) is 23.2. The van der Waals surface area contributed by atoms with Gasteiger partial charge in [-0.2, -0.15) is 0 Å². The Labute approximate surface area is 200 Å². The van der Waals surface area contributed by atoms with Crippen LogP contribution in [0.4, 0.5) is 5.69 Å². The number of hydrogen-bond donors (Lipinski definition) is 2. The molecule has 0 atom stereocenters. The standard InChI is InChI=1S/C28H30N4O2/c1-18(2)32-24-16-21(27(29)33)13-14-23(24)25(28(32)34)26(20-10-6-5-7-11-20)30-22-12-8-9-19(15-22)17-31(3)4/h5-16,18,34H,17H2,1-4H3,(H2,29,33). The van der Waals surface area contributed by atoms with Gasteiger partial charge in [0.05, 0.1) is 22.5 Å². The summed E-state index contributed by atoms with van der Waals surface area (Å²) in [5.41, 5.74) is 10.8. The third-order valence-electron chi connectivity index (χ3n) is 5.71. The smallest absolute Gasteiger partial charge is 0.248 e. The molecule has 0 fully saturated rings. The van der Waals surface area contributed by atoms with Crippen molar-refractivity contribution in [3.8, 4) is 5.88 Å². The molecule has 1 amide bonds. The minimum atomic E-state index is -0.505. The van der Waals surface area contributed by atoms with Gasteiger partial charge in [-0.3, -0.25) is 4.79 Å². The maximum absolute atomic E-state index is 11.8. The van der Waals surface area contributed by atoms with E-state index in [4.69, 9.17) is 10.7 Å². The summed E-state index contributed by atoms with van der Waals surface area (Å²) in [4.78, 5) is 19.0. The van der Waals surface area contributed by atoms with Gasteiger partial charge in [0.2, 0.25) is 11.8 Å². The Morgan fingerprint density at radius 1 is 1.00 bits per heavy atom. The maximum Gasteiger partial charge on any atom is 0.248 e. The van der Waals surface area contributed by atoms with Crippen LogP contribution in [0.3, 0.4) is 0 Å². The highest BCUT2D eigenvalue weighted by Gasteiger charge is 2.24. The molecule has 174 valence electrons. The third-order valence-corrected chi connectivity index (χ3v) is 5.71. The first-order valence-corrected chi connectivity index (χ1v) is 11.3. The number of amides is 1.